The van der Waals surface area contributed by atoms with Crippen LogP contribution < -0.4 is 24.6 Å². The maximum absolute atomic E-state index is 13.2. The molecule has 2 N–H and O–H groups in total. The average molecular weight is 995 g/mol. The normalized spacial score (nSPS) is 12.1. The Morgan fingerprint density at radius 3 is 1.44 bits per heavy atom. The summed E-state index contributed by atoms with van der Waals surface area (Å²) in [5.41, 5.74) is 7.01. The molecule has 0 spiro atoms. The molecule has 0 aromatic heterocycles. The second-order valence-electron chi connectivity index (χ2n) is 18.8. The molecule has 0 radical (unpaired) electrons. The van der Waals surface area contributed by atoms with Gasteiger partial charge in [0.25, 0.3) is 10.0 Å². The van der Waals surface area contributed by atoms with Gasteiger partial charge >= 0.3 is 18.0 Å². The Morgan fingerprint density at radius 1 is 0.569 bits per heavy atom. The Hall–Kier alpha value is -7.58. The van der Waals surface area contributed by atoms with Crippen molar-refractivity contribution in [3.63, 3.8) is 0 Å². The van der Waals surface area contributed by atoms with E-state index in [1.807, 2.05) is 126 Å². The first-order chi connectivity index (χ1) is 34.3. The van der Waals surface area contributed by atoms with E-state index < -0.39 is 21.7 Å². The van der Waals surface area contributed by atoms with Gasteiger partial charge < -0.3 is 28.7 Å². The quantitative estimate of drug-likeness (QED) is 0.0662. The van der Waals surface area contributed by atoms with Crippen LogP contribution in [-0.2, 0) is 46.9 Å². The summed E-state index contributed by atoms with van der Waals surface area (Å²) >= 11 is 0. The van der Waals surface area contributed by atoms with Crippen LogP contribution in [0.15, 0.2) is 150 Å². The SMILES string of the molecule is COC(=O)C[C@H](C)N(Cc1cccc(C)c1)c1ccc(NC(=O)OC(C)(C)C)c2ccccc12.COC(=O)C[C@H](C)N(Cc1cccc(C)c1)c1ccc(NS(=O)(=O)c2ccc(OC)cc2)c2ccccc12. The number of rotatable bonds is 17. The predicted molar refractivity (Wildman–Crippen MR) is 288 cm³/mol. The van der Waals surface area contributed by atoms with E-state index in [2.05, 4.69) is 57.1 Å². The van der Waals surface area contributed by atoms with Gasteiger partial charge in [0.2, 0.25) is 0 Å². The third kappa shape index (κ3) is 14.3. The Bertz CT molecular complexity index is 3120. The van der Waals surface area contributed by atoms with Gasteiger partial charge in [0, 0.05) is 58.1 Å². The zero-order chi connectivity index (χ0) is 52.2. The number of nitrogens with one attached hydrogen (secondary N) is 2. The molecule has 1 amide bonds. The zero-order valence-corrected chi connectivity index (χ0v) is 43.6. The van der Waals surface area contributed by atoms with E-state index in [-0.39, 0.29) is 41.8 Å². The van der Waals surface area contributed by atoms with Gasteiger partial charge in [-0.1, -0.05) is 108 Å². The third-order valence-corrected chi connectivity index (χ3v) is 13.4. The van der Waals surface area contributed by atoms with Crippen molar-refractivity contribution in [3.05, 3.63) is 168 Å². The molecule has 0 aliphatic rings. The first kappa shape index (κ1) is 53.8. The summed E-state index contributed by atoms with van der Waals surface area (Å²) in [6, 6.07) is 45.7. The summed E-state index contributed by atoms with van der Waals surface area (Å²) in [4.78, 5) is 41.2. The fourth-order valence-electron chi connectivity index (χ4n) is 8.48. The number of benzene rings is 7. The number of esters is 2. The van der Waals surface area contributed by atoms with E-state index in [0.29, 0.717) is 30.2 Å². The summed E-state index contributed by atoms with van der Waals surface area (Å²) in [6.45, 7) is 14.8. The van der Waals surface area contributed by atoms with E-state index in [0.717, 1.165) is 49.6 Å². The molecule has 7 aromatic carbocycles. The standard InChI is InChI=1S/C30H32N2O5S.C28H34N2O4/c1-21-8-7-9-23(18-21)20-32(22(2)19-30(33)37-4)29-17-16-28(26-10-5-6-11-27(26)29)31-38(34,35)25-14-12-24(36-3)13-15-25;1-19-10-9-11-21(16-19)18-30(20(2)17-26(31)33-6)25-15-14-24(22-12-7-8-13-23(22)25)29-27(32)34-28(3,4)5/h5-18,22,31H,19-20H2,1-4H3;7-16,20H,17-18H2,1-6H3,(H,29,32)/t22-;20-/m00/s1. The number of hydrogen-bond acceptors (Lipinski definition) is 11. The van der Waals surface area contributed by atoms with Crippen LogP contribution in [0.25, 0.3) is 21.5 Å². The molecule has 0 aliphatic heterocycles. The molecule has 0 heterocycles. The Balaban J connectivity index is 0.000000237. The molecule has 0 unspecified atom stereocenters. The summed E-state index contributed by atoms with van der Waals surface area (Å²) in [6.07, 6.45) is -0.0297. The van der Waals surface area contributed by atoms with Crippen LogP contribution in [0, 0.1) is 13.8 Å². The Morgan fingerprint density at radius 2 is 1.01 bits per heavy atom. The number of amides is 1. The molecular weight excluding hydrogens is 929 g/mol. The van der Waals surface area contributed by atoms with Gasteiger partial charge in [0.15, 0.2) is 0 Å². The number of aryl methyl sites for hydroxylation is 2. The van der Waals surface area contributed by atoms with E-state index in [1.54, 1.807) is 18.2 Å². The lowest BCUT2D eigenvalue weighted by atomic mass is 10.0. The lowest BCUT2D eigenvalue weighted by Crippen LogP contribution is -2.35. The van der Waals surface area contributed by atoms with Crippen molar-refractivity contribution in [2.45, 2.75) is 97.0 Å². The van der Waals surface area contributed by atoms with E-state index in [1.165, 1.54) is 39.0 Å². The third-order valence-electron chi connectivity index (χ3n) is 12.0. The molecular formula is C58H66N4O9S. The van der Waals surface area contributed by atoms with Crippen molar-refractivity contribution in [3.8, 4) is 5.75 Å². The van der Waals surface area contributed by atoms with Gasteiger partial charge in [-0.25, -0.2) is 13.2 Å². The number of nitrogens with zero attached hydrogens (tertiary/aromatic N) is 2. The molecule has 0 bridgehead atoms. The van der Waals surface area contributed by atoms with Crippen LogP contribution in [0.1, 0.15) is 69.7 Å². The number of methoxy groups -OCH3 is 3. The van der Waals surface area contributed by atoms with Gasteiger partial charge in [-0.15, -0.1) is 0 Å². The van der Waals surface area contributed by atoms with Crippen molar-refractivity contribution in [2.24, 2.45) is 0 Å². The highest BCUT2D eigenvalue weighted by Crippen LogP contribution is 2.37. The van der Waals surface area contributed by atoms with E-state index in [9.17, 15) is 22.8 Å². The highest BCUT2D eigenvalue weighted by atomic mass is 32.2. The molecule has 7 aromatic rings. The van der Waals surface area contributed by atoms with Crippen molar-refractivity contribution in [1.29, 1.82) is 0 Å². The number of fused-ring (bicyclic) bond motifs is 2. The Labute approximate surface area is 424 Å². The number of hydrogen-bond donors (Lipinski definition) is 2. The topological polar surface area (TPSA) is 153 Å². The van der Waals surface area contributed by atoms with Gasteiger partial charge in [0.1, 0.15) is 11.4 Å². The first-order valence-electron chi connectivity index (χ1n) is 23.8. The van der Waals surface area contributed by atoms with Gasteiger partial charge in [-0.2, -0.15) is 0 Å². The number of ether oxygens (including phenoxy) is 4. The first-order valence-corrected chi connectivity index (χ1v) is 25.3. The van der Waals surface area contributed by atoms with E-state index in [4.69, 9.17) is 18.9 Å². The highest BCUT2D eigenvalue weighted by molar-refractivity contribution is 7.92. The van der Waals surface area contributed by atoms with Crippen LogP contribution in [0.5, 0.6) is 5.75 Å². The highest BCUT2D eigenvalue weighted by Gasteiger charge is 2.25. The number of anilines is 4. The van der Waals surface area contributed by atoms with Crippen LogP contribution in [0.4, 0.5) is 27.5 Å². The predicted octanol–water partition coefficient (Wildman–Crippen LogP) is 12.4. The van der Waals surface area contributed by atoms with Crippen LogP contribution in [-0.4, -0.2) is 65.5 Å². The Kier molecular flexibility index (Phi) is 17.9. The fraction of sp³-hybridized carbons (Fsp3) is 0.293. The zero-order valence-electron chi connectivity index (χ0n) is 42.8. The van der Waals surface area contributed by atoms with Crippen LogP contribution >= 0.6 is 0 Å². The second-order valence-corrected chi connectivity index (χ2v) is 20.4. The summed E-state index contributed by atoms with van der Waals surface area (Å²) in [7, 11) is 0.496. The smallest absolute Gasteiger partial charge is 0.412 e. The van der Waals surface area contributed by atoms with Crippen LogP contribution in [0.3, 0.4) is 0 Å². The maximum Gasteiger partial charge on any atom is 0.412 e. The lowest BCUT2D eigenvalue weighted by molar-refractivity contribution is -0.141. The average Bonchev–Trinajstić information content (AvgIpc) is 3.35. The van der Waals surface area contributed by atoms with Gasteiger partial charge in [0.05, 0.1) is 50.4 Å². The van der Waals surface area contributed by atoms with Crippen molar-refractivity contribution in [2.75, 3.05) is 41.2 Å². The molecule has 0 saturated heterocycles. The fourth-order valence-corrected chi connectivity index (χ4v) is 9.56. The number of sulfonamides is 1. The van der Waals surface area contributed by atoms with Crippen molar-refractivity contribution >= 4 is 72.3 Å². The maximum atomic E-state index is 13.2. The van der Waals surface area contributed by atoms with Crippen molar-refractivity contribution < 1.29 is 41.7 Å². The molecule has 72 heavy (non-hydrogen) atoms. The van der Waals surface area contributed by atoms with E-state index >= 15 is 0 Å². The summed E-state index contributed by atoms with van der Waals surface area (Å²) in [5, 5.41) is 6.37. The minimum atomic E-state index is -3.83. The minimum absolute atomic E-state index is 0.110. The molecule has 2 atom stereocenters. The summed E-state index contributed by atoms with van der Waals surface area (Å²) < 4.78 is 49.6. The molecule has 14 heteroatoms. The van der Waals surface area contributed by atoms with Crippen molar-refractivity contribution in [1.82, 2.24) is 0 Å². The number of carbonyl (C=O) groups is 3. The largest absolute Gasteiger partial charge is 0.497 e. The molecule has 0 aliphatic carbocycles. The molecule has 0 fully saturated rings. The van der Waals surface area contributed by atoms with Gasteiger partial charge in [-0.05, 0) is 108 Å². The molecule has 13 nitrogen and oxygen atoms in total. The lowest BCUT2D eigenvalue weighted by Gasteiger charge is -2.32. The molecule has 378 valence electrons. The van der Waals surface area contributed by atoms with Gasteiger partial charge in [-0.3, -0.25) is 19.6 Å². The van der Waals surface area contributed by atoms with Crippen LogP contribution in [0.2, 0.25) is 0 Å². The number of carbonyl (C=O) groups excluding carboxylic acids is 3. The second kappa shape index (κ2) is 24.0. The summed E-state index contributed by atoms with van der Waals surface area (Å²) in [5.74, 6) is 0.0303. The molecule has 0 saturated carbocycles. The minimum Gasteiger partial charge on any atom is -0.497 e. The monoisotopic (exact) mass is 994 g/mol. The molecule has 7 rings (SSSR count).